The van der Waals surface area contributed by atoms with E-state index in [0.29, 0.717) is 0 Å². The van der Waals surface area contributed by atoms with Crippen molar-refractivity contribution in [3.63, 3.8) is 0 Å². The number of fused-ring (bicyclic) bond motifs is 2. The number of carbonyl (C=O) groups is 1. The Labute approximate surface area is 148 Å². The van der Waals surface area contributed by atoms with Gasteiger partial charge in [-0.2, -0.15) is 0 Å². The van der Waals surface area contributed by atoms with Gasteiger partial charge >= 0.3 is 0 Å². The first-order valence-electron chi connectivity index (χ1n) is 8.60. The molecule has 1 heteroatoms. The number of ketones is 1. The summed E-state index contributed by atoms with van der Waals surface area (Å²) in [6.07, 6.45) is 0. The molecule has 0 spiro atoms. The number of hydrogen-bond acceptors (Lipinski definition) is 1. The molecule has 0 bridgehead atoms. The molecule has 0 aromatic heterocycles. The maximum atomic E-state index is 12.9. The average Bonchev–Trinajstić information content (AvgIpc) is 3.01. The van der Waals surface area contributed by atoms with E-state index < -0.39 is 5.41 Å². The molecule has 4 aliphatic rings. The molecular formula is C24H20O. The Morgan fingerprint density at radius 3 is 1.52 bits per heavy atom. The fraction of sp³-hybridized carbons (Fsp3) is 0.125. The Kier molecular flexibility index (Phi) is 3.65. The molecule has 25 heavy (non-hydrogen) atoms. The normalized spacial score (nSPS) is 11.8. The largest absolute Gasteiger partial charge is 0.299 e. The van der Waals surface area contributed by atoms with Gasteiger partial charge in [0.15, 0.2) is 0 Å². The Bertz CT molecular complexity index is 925. The monoisotopic (exact) mass is 324 g/mol. The molecule has 4 rings (SSSR count). The van der Waals surface area contributed by atoms with Crippen molar-refractivity contribution in [2.45, 2.75) is 19.3 Å². The van der Waals surface area contributed by atoms with Crippen molar-refractivity contribution in [2.75, 3.05) is 0 Å². The van der Waals surface area contributed by atoms with Crippen LogP contribution in [-0.2, 0) is 10.2 Å². The summed E-state index contributed by atoms with van der Waals surface area (Å²) in [5, 5.41) is 0. The van der Waals surface area contributed by atoms with Crippen LogP contribution >= 0.6 is 0 Å². The van der Waals surface area contributed by atoms with Gasteiger partial charge < -0.3 is 0 Å². The van der Waals surface area contributed by atoms with Crippen LogP contribution in [0.4, 0.5) is 0 Å². The summed E-state index contributed by atoms with van der Waals surface area (Å²) in [6, 6.07) is 29.0. The van der Waals surface area contributed by atoms with Gasteiger partial charge in [0.2, 0.25) is 0 Å². The van der Waals surface area contributed by atoms with Crippen LogP contribution in [0.2, 0.25) is 0 Å². The molecule has 0 fully saturated rings. The van der Waals surface area contributed by atoms with Crippen LogP contribution in [0, 0.1) is 0 Å². The molecular weight excluding hydrogens is 304 g/mol. The molecule has 0 aromatic rings. The number of Topliss-reactive ketones (excluding diaryl/α,β-unsaturated/α-hetero) is 1. The van der Waals surface area contributed by atoms with Gasteiger partial charge in [-0.1, -0.05) is 84.9 Å². The highest BCUT2D eigenvalue weighted by Crippen LogP contribution is 2.45. The van der Waals surface area contributed by atoms with Crippen LogP contribution in [0.3, 0.4) is 0 Å². The van der Waals surface area contributed by atoms with Crippen LogP contribution in [0.25, 0.3) is 22.3 Å². The lowest BCUT2D eigenvalue weighted by Crippen LogP contribution is -2.32. The SMILES string of the molecule is CC(=O)C(C)(c1ccc2cccccc1-2)c1ccc2cccccc1-2. The minimum Gasteiger partial charge on any atom is -0.299 e. The zero-order valence-electron chi connectivity index (χ0n) is 14.5. The summed E-state index contributed by atoms with van der Waals surface area (Å²) in [4.78, 5) is 12.9. The van der Waals surface area contributed by atoms with E-state index in [0.717, 1.165) is 33.4 Å². The highest BCUT2D eigenvalue weighted by atomic mass is 16.1. The number of rotatable bonds is 3. The molecule has 1 nitrogen and oxygen atoms in total. The molecule has 0 saturated carbocycles. The molecule has 0 unspecified atom stereocenters. The third-order valence-electron chi connectivity index (χ3n) is 5.36. The van der Waals surface area contributed by atoms with Crippen LogP contribution in [0.15, 0.2) is 84.9 Å². The minimum absolute atomic E-state index is 0.158. The maximum absolute atomic E-state index is 12.9. The van der Waals surface area contributed by atoms with Gasteiger partial charge in [-0.05, 0) is 47.2 Å². The lowest BCUT2D eigenvalue weighted by atomic mass is 9.72. The smallest absolute Gasteiger partial charge is 0.144 e. The van der Waals surface area contributed by atoms with Gasteiger partial charge in [-0.25, -0.2) is 0 Å². The van der Waals surface area contributed by atoms with Crippen molar-refractivity contribution in [3.8, 4) is 22.3 Å². The first-order valence-corrected chi connectivity index (χ1v) is 8.60. The standard InChI is InChI=1S/C24H20O/c1-17(25)24(2,22-15-13-18-9-5-3-7-11-20(18)22)23-16-14-19-10-6-4-8-12-21(19)23/h3-16H,1-2H3. The van der Waals surface area contributed by atoms with E-state index in [9.17, 15) is 4.79 Å². The van der Waals surface area contributed by atoms with Gasteiger partial charge in [-0.15, -0.1) is 0 Å². The molecule has 0 saturated heterocycles. The Morgan fingerprint density at radius 1 is 0.640 bits per heavy atom. The van der Waals surface area contributed by atoms with Gasteiger partial charge in [0.05, 0.1) is 5.41 Å². The van der Waals surface area contributed by atoms with Crippen molar-refractivity contribution in [1.29, 1.82) is 0 Å². The lowest BCUT2D eigenvalue weighted by molar-refractivity contribution is -0.120. The van der Waals surface area contributed by atoms with E-state index in [1.807, 2.05) is 36.4 Å². The van der Waals surface area contributed by atoms with E-state index in [1.54, 1.807) is 6.92 Å². The highest BCUT2D eigenvalue weighted by molar-refractivity contribution is 5.97. The second-order valence-corrected chi connectivity index (χ2v) is 6.73. The molecule has 0 atom stereocenters. The summed E-state index contributed by atoms with van der Waals surface area (Å²) < 4.78 is 0. The zero-order chi connectivity index (χ0) is 17.4. The maximum Gasteiger partial charge on any atom is 0.144 e. The minimum atomic E-state index is -0.674. The number of carbonyl (C=O) groups excluding carboxylic acids is 1. The first-order chi connectivity index (χ1) is 12.1. The van der Waals surface area contributed by atoms with Gasteiger partial charge in [0.1, 0.15) is 5.78 Å². The van der Waals surface area contributed by atoms with E-state index in [-0.39, 0.29) is 5.78 Å². The summed E-state index contributed by atoms with van der Waals surface area (Å²) in [5.74, 6) is 0.158. The van der Waals surface area contributed by atoms with Gasteiger partial charge in [-0.3, -0.25) is 4.79 Å². The van der Waals surface area contributed by atoms with Crippen LogP contribution in [-0.4, -0.2) is 5.78 Å². The summed E-state index contributed by atoms with van der Waals surface area (Å²) in [5.41, 5.74) is 6.07. The third kappa shape index (κ3) is 2.35. The Balaban J connectivity index is 2.00. The zero-order valence-corrected chi connectivity index (χ0v) is 14.5. The van der Waals surface area contributed by atoms with Crippen molar-refractivity contribution in [1.82, 2.24) is 0 Å². The molecule has 0 amide bonds. The van der Waals surface area contributed by atoms with Crippen molar-refractivity contribution in [3.05, 3.63) is 96.1 Å². The summed E-state index contributed by atoms with van der Waals surface area (Å²) in [6.45, 7) is 3.75. The second-order valence-electron chi connectivity index (χ2n) is 6.73. The van der Waals surface area contributed by atoms with E-state index >= 15 is 0 Å². The second kappa shape index (κ2) is 5.86. The molecule has 122 valence electrons. The van der Waals surface area contributed by atoms with Crippen molar-refractivity contribution >= 4 is 5.78 Å². The van der Waals surface area contributed by atoms with Crippen LogP contribution < -0.4 is 0 Å². The highest BCUT2D eigenvalue weighted by Gasteiger charge is 2.39. The number of hydrogen-bond donors (Lipinski definition) is 0. The fourth-order valence-corrected chi connectivity index (χ4v) is 3.83. The lowest BCUT2D eigenvalue weighted by Gasteiger charge is -2.29. The van der Waals surface area contributed by atoms with Gasteiger partial charge in [0.25, 0.3) is 0 Å². The third-order valence-corrected chi connectivity index (χ3v) is 5.36. The predicted molar refractivity (Wildman–Crippen MR) is 103 cm³/mol. The summed E-state index contributed by atoms with van der Waals surface area (Å²) >= 11 is 0. The van der Waals surface area contributed by atoms with E-state index in [1.165, 1.54) is 0 Å². The molecule has 0 aliphatic heterocycles. The Hall–Kier alpha value is -2.93. The van der Waals surface area contributed by atoms with E-state index in [2.05, 4.69) is 55.5 Å². The van der Waals surface area contributed by atoms with Gasteiger partial charge in [0, 0.05) is 0 Å². The molecule has 0 N–H and O–H groups in total. The topological polar surface area (TPSA) is 17.1 Å². The molecule has 0 radical (unpaired) electrons. The molecule has 0 heterocycles. The van der Waals surface area contributed by atoms with Crippen molar-refractivity contribution in [2.24, 2.45) is 0 Å². The van der Waals surface area contributed by atoms with Crippen LogP contribution in [0.5, 0.6) is 0 Å². The Morgan fingerprint density at radius 2 is 1.08 bits per heavy atom. The quantitative estimate of drug-likeness (QED) is 0.466. The van der Waals surface area contributed by atoms with Crippen LogP contribution in [0.1, 0.15) is 25.0 Å². The molecule has 0 aromatic carbocycles. The van der Waals surface area contributed by atoms with E-state index in [4.69, 9.17) is 0 Å². The fourth-order valence-electron chi connectivity index (χ4n) is 3.83. The molecule has 4 aliphatic carbocycles. The summed E-state index contributed by atoms with van der Waals surface area (Å²) in [7, 11) is 0. The first kappa shape index (κ1) is 15.6. The van der Waals surface area contributed by atoms with Crippen molar-refractivity contribution < 1.29 is 4.79 Å². The predicted octanol–water partition coefficient (Wildman–Crippen LogP) is 5.79. The average molecular weight is 324 g/mol.